The predicted octanol–water partition coefficient (Wildman–Crippen LogP) is 1.16. The van der Waals surface area contributed by atoms with Gasteiger partial charge in [0.1, 0.15) is 5.69 Å². The lowest BCUT2D eigenvalue weighted by Crippen LogP contribution is -2.30. The summed E-state index contributed by atoms with van der Waals surface area (Å²) in [4.78, 5) is 40.0. The van der Waals surface area contributed by atoms with Gasteiger partial charge in [-0.15, -0.1) is 0 Å². The van der Waals surface area contributed by atoms with Gasteiger partial charge in [-0.1, -0.05) is 0 Å². The average molecular weight is 329 g/mol. The molecular weight excluding hydrogens is 310 g/mol. The largest absolute Gasteiger partial charge is 0.452 e. The first kappa shape index (κ1) is 16.2. The third-order valence-electron chi connectivity index (χ3n) is 3.94. The van der Waals surface area contributed by atoms with E-state index in [1.54, 1.807) is 29.7 Å². The van der Waals surface area contributed by atoms with Crippen LogP contribution in [0.2, 0.25) is 0 Å². The molecule has 0 radical (unpaired) electrons. The van der Waals surface area contributed by atoms with Crippen LogP contribution in [0.15, 0.2) is 23.0 Å². The lowest BCUT2D eigenvalue weighted by molar-refractivity contribution is -0.124. The number of benzene rings is 1. The highest BCUT2D eigenvalue weighted by Crippen LogP contribution is 2.18. The third-order valence-corrected chi connectivity index (χ3v) is 3.94. The van der Waals surface area contributed by atoms with E-state index < -0.39 is 5.97 Å². The van der Waals surface area contributed by atoms with E-state index >= 15 is 0 Å². The Morgan fingerprint density at radius 1 is 1.38 bits per heavy atom. The molecule has 1 aliphatic carbocycles. The first-order valence-electron chi connectivity index (χ1n) is 7.97. The number of fused-ring (bicyclic) bond motifs is 1. The Labute approximate surface area is 138 Å². The molecule has 0 bridgehead atoms. The van der Waals surface area contributed by atoms with Crippen LogP contribution in [0.3, 0.4) is 0 Å². The van der Waals surface area contributed by atoms with Gasteiger partial charge in [-0.05, 0) is 44.9 Å². The summed E-state index contributed by atoms with van der Waals surface area (Å²) in [6.45, 7) is 3.74. The quantitative estimate of drug-likeness (QED) is 0.831. The molecule has 0 atom stereocenters. The predicted molar refractivity (Wildman–Crippen MR) is 87.9 cm³/mol. The monoisotopic (exact) mass is 329 g/mol. The van der Waals surface area contributed by atoms with Crippen molar-refractivity contribution in [2.45, 2.75) is 39.3 Å². The number of carbonyl (C=O) groups is 2. The van der Waals surface area contributed by atoms with Gasteiger partial charge in [0.25, 0.3) is 11.5 Å². The number of carbonyl (C=O) groups excluding carboxylic acids is 2. The molecule has 0 unspecified atom stereocenters. The summed E-state index contributed by atoms with van der Waals surface area (Å²) in [6, 6.07) is 5.06. The standard InChI is InChI=1S/C17H19N3O4/c1-3-20-14-7-4-11(8-13(14)18-10(2)16(20)22)17(23)24-9-15(21)19-12-5-6-12/h4,7-8,12H,3,5-6,9H2,1-2H3,(H,19,21). The summed E-state index contributed by atoms with van der Waals surface area (Å²) in [6.07, 6.45) is 1.96. The maximum atomic E-state index is 12.1. The van der Waals surface area contributed by atoms with Crippen LogP contribution in [0, 0.1) is 6.92 Å². The van der Waals surface area contributed by atoms with Gasteiger partial charge in [0, 0.05) is 12.6 Å². The lowest BCUT2D eigenvalue weighted by atomic mass is 10.2. The molecule has 0 spiro atoms. The molecule has 24 heavy (non-hydrogen) atoms. The molecule has 7 heteroatoms. The normalized spacial score (nSPS) is 13.8. The van der Waals surface area contributed by atoms with Gasteiger partial charge in [0.05, 0.1) is 16.6 Å². The second-order valence-electron chi connectivity index (χ2n) is 5.87. The summed E-state index contributed by atoms with van der Waals surface area (Å²) in [5.41, 5.74) is 1.74. The number of amides is 1. The Balaban J connectivity index is 1.79. The van der Waals surface area contributed by atoms with Crippen LogP contribution >= 0.6 is 0 Å². The van der Waals surface area contributed by atoms with Crippen LogP contribution in [0.25, 0.3) is 11.0 Å². The molecule has 1 amide bonds. The van der Waals surface area contributed by atoms with Crippen molar-refractivity contribution in [3.05, 3.63) is 39.8 Å². The molecule has 1 aromatic carbocycles. The number of ether oxygens (including phenoxy) is 1. The molecule has 1 heterocycles. The van der Waals surface area contributed by atoms with Gasteiger partial charge in [0.15, 0.2) is 6.61 Å². The second-order valence-corrected chi connectivity index (χ2v) is 5.87. The molecule has 1 fully saturated rings. The highest BCUT2D eigenvalue weighted by molar-refractivity contribution is 5.94. The smallest absolute Gasteiger partial charge is 0.338 e. The van der Waals surface area contributed by atoms with Crippen LogP contribution in [0.1, 0.15) is 35.8 Å². The van der Waals surface area contributed by atoms with Crippen LogP contribution in [0.4, 0.5) is 0 Å². The molecule has 1 N–H and O–H groups in total. The number of aromatic nitrogens is 2. The molecular formula is C17H19N3O4. The van der Waals surface area contributed by atoms with Gasteiger partial charge in [-0.25, -0.2) is 9.78 Å². The Bertz CT molecular complexity index is 868. The van der Waals surface area contributed by atoms with Gasteiger partial charge < -0.3 is 14.6 Å². The highest BCUT2D eigenvalue weighted by Gasteiger charge is 2.23. The van der Waals surface area contributed by atoms with E-state index in [1.807, 2.05) is 6.92 Å². The van der Waals surface area contributed by atoms with Crippen molar-refractivity contribution in [2.75, 3.05) is 6.61 Å². The number of nitrogens with one attached hydrogen (secondary N) is 1. The first-order chi connectivity index (χ1) is 11.5. The first-order valence-corrected chi connectivity index (χ1v) is 7.97. The fourth-order valence-electron chi connectivity index (χ4n) is 2.53. The molecule has 0 aliphatic heterocycles. The number of aryl methyl sites for hydroxylation is 2. The summed E-state index contributed by atoms with van der Waals surface area (Å²) in [5.74, 6) is -0.878. The Morgan fingerprint density at radius 3 is 2.79 bits per heavy atom. The minimum Gasteiger partial charge on any atom is -0.452 e. The van der Waals surface area contributed by atoms with Gasteiger partial charge in [0.2, 0.25) is 0 Å². The molecule has 2 aromatic rings. The summed E-state index contributed by atoms with van der Waals surface area (Å²) in [7, 11) is 0. The highest BCUT2D eigenvalue weighted by atomic mass is 16.5. The topological polar surface area (TPSA) is 90.3 Å². The van der Waals surface area contributed by atoms with Crippen molar-refractivity contribution in [1.82, 2.24) is 14.9 Å². The Hall–Kier alpha value is -2.70. The molecule has 1 saturated carbocycles. The van der Waals surface area contributed by atoms with E-state index in [-0.39, 0.29) is 24.1 Å². The SMILES string of the molecule is CCn1c(=O)c(C)nc2cc(C(=O)OCC(=O)NC3CC3)ccc21. The van der Waals surface area contributed by atoms with Crippen molar-refractivity contribution in [2.24, 2.45) is 0 Å². The van der Waals surface area contributed by atoms with E-state index in [4.69, 9.17) is 4.74 Å². The summed E-state index contributed by atoms with van der Waals surface area (Å²) < 4.78 is 6.64. The van der Waals surface area contributed by atoms with E-state index in [0.29, 0.717) is 28.8 Å². The fourth-order valence-corrected chi connectivity index (χ4v) is 2.53. The van der Waals surface area contributed by atoms with Gasteiger partial charge in [-0.3, -0.25) is 9.59 Å². The van der Waals surface area contributed by atoms with Crippen molar-refractivity contribution in [1.29, 1.82) is 0 Å². The number of hydrogen-bond acceptors (Lipinski definition) is 5. The lowest BCUT2D eigenvalue weighted by Gasteiger charge is -2.10. The van der Waals surface area contributed by atoms with Crippen LogP contribution in [-0.4, -0.2) is 34.1 Å². The van der Waals surface area contributed by atoms with Crippen molar-refractivity contribution < 1.29 is 14.3 Å². The fraction of sp³-hybridized carbons (Fsp3) is 0.412. The Kier molecular flexibility index (Phi) is 4.33. The van der Waals surface area contributed by atoms with Crippen LogP contribution in [0.5, 0.6) is 0 Å². The van der Waals surface area contributed by atoms with Crippen molar-refractivity contribution >= 4 is 22.9 Å². The minimum absolute atomic E-state index is 0.142. The summed E-state index contributed by atoms with van der Waals surface area (Å²) in [5, 5.41) is 2.75. The number of rotatable bonds is 5. The number of hydrogen-bond donors (Lipinski definition) is 1. The summed E-state index contributed by atoms with van der Waals surface area (Å²) >= 11 is 0. The van der Waals surface area contributed by atoms with Gasteiger partial charge in [-0.2, -0.15) is 0 Å². The molecule has 0 saturated heterocycles. The van der Waals surface area contributed by atoms with E-state index in [9.17, 15) is 14.4 Å². The third kappa shape index (κ3) is 3.29. The second kappa shape index (κ2) is 6.43. The van der Waals surface area contributed by atoms with Crippen molar-refractivity contribution in [3.8, 4) is 0 Å². The average Bonchev–Trinajstić information content (AvgIpc) is 3.37. The van der Waals surface area contributed by atoms with Crippen molar-refractivity contribution in [3.63, 3.8) is 0 Å². The van der Waals surface area contributed by atoms with E-state index in [2.05, 4.69) is 10.3 Å². The molecule has 7 nitrogen and oxygen atoms in total. The van der Waals surface area contributed by atoms with Gasteiger partial charge >= 0.3 is 5.97 Å². The molecule has 1 aliphatic rings. The number of esters is 1. The van der Waals surface area contributed by atoms with Crippen LogP contribution in [-0.2, 0) is 16.1 Å². The number of nitrogens with zero attached hydrogens (tertiary/aromatic N) is 2. The maximum Gasteiger partial charge on any atom is 0.338 e. The molecule has 3 rings (SSSR count). The zero-order chi connectivity index (χ0) is 17.3. The minimum atomic E-state index is -0.587. The Morgan fingerprint density at radius 2 is 2.12 bits per heavy atom. The molecule has 126 valence electrons. The van der Waals surface area contributed by atoms with E-state index in [0.717, 1.165) is 12.8 Å². The molecule has 1 aromatic heterocycles. The van der Waals surface area contributed by atoms with E-state index in [1.165, 1.54) is 0 Å². The van der Waals surface area contributed by atoms with Crippen LogP contribution < -0.4 is 10.9 Å². The maximum absolute atomic E-state index is 12.1. The zero-order valence-corrected chi connectivity index (χ0v) is 13.7. The zero-order valence-electron chi connectivity index (χ0n) is 13.7.